The van der Waals surface area contributed by atoms with Crippen LogP contribution in [0.25, 0.3) is 0 Å². The molecule has 0 aromatic carbocycles. The van der Waals surface area contributed by atoms with Crippen LogP contribution in [0.3, 0.4) is 0 Å². The van der Waals surface area contributed by atoms with Crippen molar-refractivity contribution in [1.82, 2.24) is 16.0 Å². The van der Waals surface area contributed by atoms with Crippen molar-refractivity contribution < 1.29 is 49.8 Å². The van der Waals surface area contributed by atoms with Gasteiger partial charge in [-0.2, -0.15) is 0 Å². The number of aliphatic carboxylic acids is 2. The fourth-order valence-corrected chi connectivity index (χ4v) is 4.74. The maximum absolute atomic E-state index is 13.0. The number of carbonyl (C=O) groups excluding carboxylic acids is 2. The molecule has 0 saturated heterocycles. The van der Waals surface area contributed by atoms with Crippen LogP contribution in [0.4, 0.5) is 0 Å². The highest BCUT2D eigenvalue weighted by atomic mass is 16.4. The third kappa shape index (κ3) is 7.30. The van der Waals surface area contributed by atoms with Crippen molar-refractivity contribution in [3.8, 4) is 0 Å². The monoisotopic (exact) mass is 509 g/mol. The summed E-state index contributed by atoms with van der Waals surface area (Å²) in [6.07, 6.45) is -2.28. The number of rotatable bonds is 22. The number of nitrogens with two attached hydrogens (primary N) is 2. The van der Waals surface area contributed by atoms with Gasteiger partial charge in [-0.1, -0.05) is 0 Å². The summed E-state index contributed by atoms with van der Waals surface area (Å²) in [5.74, 6) is -5.25. The van der Waals surface area contributed by atoms with Crippen molar-refractivity contribution >= 4 is 23.8 Å². The van der Waals surface area contributed by atoms with E-state index in [1.807, 2.05) is 0 Å². The maximum atomic E-state index is 13.0. The molecule has 0 bridgehead atoms. The fourth-order valence-electron chi connectivity index (χ4n) is 4.74. The lowest BCUT2D eigenvalue weighted by atomic mass is 9.50. The molecule has 0 saturated carbocycles. The minimum absolute atomic E-state index is 0.0734. The molecule has 13 N–H and O–H groups in total. The van der Waals surface area contributed by atoms with Crippen molar-refractivity contribution in [2.75, 3.05) is 59.2 Å². The van der Waals surface area contributed by atoms with Crippen molar-refractivity contribution in [3.05, 3.63) is 0 Å². The van der Waals surface area contributed by atoms with Crippen LogP contribution in [-0.4, -0.2) is 119 Å². The molecule has 0 radical (unpaired) electrons. The van der Waals surface area contributed by atoms with Gasteiger partial charge in [0.05, 0.1) is 17.4 Å². The first-order chi connectivity index (χ1) is 16.5. The molecule has 0 aromatic heterocycles. The van der Waals surface area contributed by atoms with E-state index in [0.29, 0.717) is 0 Å². The zero-order valence-corrected chi connectivity index (χ0v) is 19.7. The van der Waals surface area contributed by atoms with E-state index in [9.17, 15) is 44.7 Å². The Labute approximate surface area is 202 Å². The van der Waals surface area contributed by atoms with Crippen LogP contribution in [0.2, 0.25) is 0 Å². The molecule has 15 heteroatoms. The van der Waals surface area contributed by atoms with Crippen molar-refractivity contribution in [2.45, 2.75) is 31.2 Å². The average molecular weight is 510 g/mol. The van der Waals surface area contributed by atoms with Gasteiger partial charge >= 0.3 is 11.9 Å². The molecule has 35 heavy (non-hydrogen) atoms. The third-order valence-corrected chi connectivity index (χ3v) is 6.30. The summed E-state index contributed by atoms with van der Waals surface area (Å²) in [6.45, 7) is -2.75. The SMILES string of the molecule is NC(=O)C(CCO)(CCO)C(NCCNCCNCC(=O)O)(C(=O)O)C(CCO)(CCO)C(N)=O. The lowest BCUT2D eigenvalue weighted by Gasteiger charge is -2.55. The maximum Gasteiger partial charge on any atom is 0.326 e. The number of carboxylic acid groups (broad SMARTS) is 2. The van der Waals surface area contributed by atoms with Gasteiger partial charge in [0.25, 0.3) is 0 Å². The second-order valence-electron chi connectivity index (χ2n) is 8.09. The first kappa shape index (κ1) is 32.6. The average Bonchev–Trinajstić information content (AvgIpc) is 2.77. The summed E-state index contributed by atoms with van der Waals surface area (Å²) in [7, 11) is 0. The quantitative estimate of drug-likeness (QED) is 0.0611. The molecule has 2 amide bonds. The molecule has 0 fully saturated rings. The second kappa shape index (κ2) is 15.6. The zero-order chi connectivity index (χ0) is 27.1. The molecular formula is C20H39N5O10. The Morgan fingerprint density at radius 3 is 1.31 bits per heavy atom. The predicted molar refractivity (Wildman–Crippen MR) is 122 cm³/mol. The van der Waals surface area contributed by atoms with E-state index in [4.69, 9.17) is 16.6 Å². The van der Waals surface area contributed by atoms with Gasteiger partial charge in [-0.05, 0) is 25.7 Å². The molecule has 0 rings (SSSR count). The van der Waals surface area contributed by atoms with E-state index in [0.717, 1.165) is 0 Å². The van der Waals surface area contributed by atoms with Gasteiger partial charge < -0.3 is 52.7 Å². The Hall–Kier alpha value is -2.40. The Balaban J connectivity index is 6.54. The molecule has 204 valence electrons. The van der Waals surface area contributed by atoms with Crippen LogP contribution < -0.4 is 27.4 Å². The minimum Gasteiger partial charge on any atom is -0.480 e. The third-order valence-electron chi connectivity index (χ3n) is 6.30. The normalized spacial score (nSPS) is 12.5. The molecule has 0 heterocycles. The molecule has 0 atom stereocenters. The molecule has 0 unspecified atom stereocenters. The van der Waals surface area contributed by atoms with Gasteiger partial charge in [0, 0.05) is 52.6 Å². The first-order valence-corrected chi connectivity index (χ1v) is 11.1. The Morgan fingerprint density at radius 2 is 1.00 bits per heavy atom. The molecule has 0 spiro atoms. The van der Waals surface area contributed by atoms with E-state index in [-0.39, 0.29) is 32.7 Å². The van der Waals surface area contributed by atoms with Crippen molar-refractivity contribution in [1.29, 1.82) is 0 Å². The topological polar surface area (TPSA) is 278 Å². The summed E-state index contributed by atoms with van der Waals surface area (Å²) >= 11 is 0. The van der Waals surface area contributed by atoms with Crippen LogP contribution in [0.1, 0.15) is 25.7 Å². The lowest BCUT2D eigenvalue weighted by molar-refractivity contribution is -0.179. The summed E-state index contributed by atoms with van der Waals surface area (Å²) < 4.78 is 0. The van der Waals surface area contributed by atoms with Gasteiger partial charge in [0.1, 0.15) is 5.54 Å². The first-order valence-electron chi connectivity index (χ1n) is 11.1. The van der Waals surface area contributed by atoms with Crippen molar-refractivity contribution in [2.24, 2.45) is 22.3 Å². The molecule has 0 aliphatic carbocycles. The van der Waals surface area contributed by atoms with Crippen LogP contribution in [0.15, 0.2) is 0 Å². The highest BCUT2D eigenvalue weighted by Crippen LogP contribution is 2.52. The molecule has 0 aliphatic heterocycles. The molecule has 0 aliphatic rings. The molecular weight excluding hydrogens is 470 g/mol. The summed E-state index contributed by atoms with van der Waals surface area (Å²) in [5, 5.41) is 66.3. The van der Waals surface area contributed by atoms with Gasteiger partial charge in [-0.15, -0.1) is 0 Å². The summed E-state index contributed by atoms with van der Waals surface area (Å²) in [4.78, 5) is 49.2. The van der Waals surface area contributed by atoms with E-state index >= 15 is 0 Å². The van der Waals surface area contributed by atoms with E-state index in [1.54, 1.807) is 0 Å². The minimum atomic E-state index is -2.64. The van der Waals surface area contributed by atoms with Crippen LogP contribution in [0.5, 0.6) is 0 Å². The molecule has 0 aromatic rings. The Morgan fingerprint density at radius 1 is 0.629 bits per heavy atom. The van der Waals surface area contributed by atoms with Crippen LogP contribution in [-0.2, 0) is 19.2 Å². The number of primary amides is 2. The smallest absolute Gasteiger partial charge is 0.326 e. The van der Waals surface area contributed by atoms with E-state index in [1.165, 1.54) is 0 Å². The number of aliphatic hydroxyl groups is 4. The number of carbonyl (C=O) groups is 4. The highest BCUT2D eigenvalue weighted by Gasteiger charge is 2.71. The fraction of sp³-hybridized carbons (Fsp3) is 0.800. The number of carboxylic acids is 2. The van der Waals surface area contributed by atoms with E-state index in [2.05, 4.69) is 16.0 Å². The largest absolute Gasteiger partial charge is 0.480 e. The lowest BCUT2D eigenvalue weighted by Crippen LogP contribution is -2.78. The number of amides is 2. The van der Waals surface area contributed by atoms with Crippen molar-refractivity contribution in [3.63, 3.8) is 0 Å². The number of aliphatic hydroxyl groups excluding tert-OH is 4. The predicted octanol–water partition coefficient (Wildman–Crippen LogP) is -4.86. The van der Waals surface area contributed by atoms with Gasteiger partial charge in [-0.25, -0.2) is 0 Å². The highest BCUT2D eigenvalue weighted by molar-refractivity contribution is 5.99. The van der Waals surface area contributed by atoms with Gasteiger partial charge in [0.15, 0.2) is 0 Å². The van der Waals surface area contributed by atoms with Gasteiger partial charge in [0.2, 0.25) is 11.8 Å². The van der Waals surface area contributed by atoms with E-state index < -0.39 is 92.2 Å². The van der Waals surface area contributed by atoms with Crippen LogP contribution in [0, 0.1) is 10.8 Å². The number of hydrogen-bond donors (Lipinski definition) is 11. The number of hydrogen-bond acceptors (Lipinski definition) is 11. The zero-order valence-electron chi connectivity index (χ0n) is 19.7. The summed E-state index contributed by atoms with van der Waals surface area (Å²) in [6, 6.07) is 0. The molecule has 15 nitrogen and oxygen atoms in total. The summed E-state index contributed by atoms with van der Waals surface area (Å²) in [5.41, 5.74) is 4.15. The van der Waals surface area contributed by atoms with Crippen LogP contribution >= 0.6 is 0 Å². The Kier molecular flexibility index (Phi) is 14.5. The standard InChI is InChI=1S/C20H39N5O10/c21-15(32)18(1-9-26,2-10-27)20(17(34)35,19(3-11-28,4-12-29)16(22)33)25-8-7-23-5-6-24-13-14(30)31/h23-29H,1-13H2,(H2,21,32)(H2,22,33)(H,30,31)(H,34,35). The van der Waals surface area contributed by atoms with Gasteiger partial charge in [-0.3, -0.25) is 24.5 Å². The second-order valence-corrected chi connectivity index (χ2v) is 8.09. The number of nitrogens with one attached hydrogen (secondary N) is 3. The Bertz CT molecular complexity index is 660.